The summed E-state index contributed by atoms with van der Waals surface area (Å²) in [4.78, 5) is 10.8. The van der Waals surface area contributed by atoms with E-state index in [0.29, 0.717) is 0 Å². The molecule has 0 heterocycles. The fourth-order valence-electron chi connectivity index (χ4n) is 0.878. The van der Waals surface area contributed by atoms with E-state index in [1.54, 1.807) is 7.05 Å². The third-order valence-corrected chi connectivity index (χ3v) is 1.60. The van der Waals surface area contributed by atoms with E-state index >= 15 is 0 Å². The van der Waals surface area contributed by atoms with Gasteiger partial charge in [0.1, 0.15) is 0 Å². The summed E-state index contributed by atoms with van der Waals surface area (Å²) in [7, 11) is 1.63. The van der Waals surface area contributed by atoms with Crippen LogP contribution in [0.1, 0.15) is 33.1 Å². The number of carbonyl (C=O) groups is 1. The van der Waals surface area contributed by atoms with E-state index in [1.165, 1.54) is 12.8 Å². The average molecular weight is 158 g/mol. The van der Waals surface area contributed by atoms with Crippen molar-refractivity contribution >= 4 is 6.03 Å². The van der Waals surface area contributed by atoms with Gasteiger partial charge in [0, 0.05) is 13.1 Å². The number of unbranched alkanes of at least 4 members (excludes halogenated alkanes) is 1. The van der Waals surface area contributed by atoms with Crippen LogP contribution in [0.5, 0.6) is 0 Å². The van der Waals surface area contributed by atoms with Crippen molar-refractivity contribution in [2.24, 2.45) is 0 Å². The Labute approximate surface area is 68.6 Å². The summed E-state index contributed by atoms with van der Waals surface area (Å²) in [5.74, 6) is 0. The monoisotopic (exact) mass is 158 g/mol. The minimum absolute atomic E-state index is 0.0893. The maximum absolute atomic E-state index is 10.8. The summed E-state index contributed by atoms with van der Waals surface area (Å²) in [5.41, 5.74) is 0. The quantitative estimate of drug-likeness (QED) is 0.639. The Morgan fingerprint density at radius 2 is 2.18 bits per heavy atom. The van der Waals surface area contributed by atoms with Crippen molar-refractivity contribution in [2.45, 2.75) is 39.2 Å². The van der Waals surface area contributed by atoms with Crippen molar-refractivity contribution in [3.63, 3.8) is 0 Å². The SMILES string of the molecule is CCCCC(C)NC(=O)NC. The summed E-state index contributed by atoms with van der Waals surface area (Å²) >= 11 is 0. The molecule has 3 heteroatoms. The highest BCUT2D eigenvalue weighted by Crippen LogP contribution is 1.98. The molecule has 0 aromatic carbocycles. The summed E-state index contributed by atoms with van der Waals surface area (Å²) in [6.07, 6.45) is 3.41. The fourth-order valence-corrected chi connectivity index (χ4v) is 0.878. The predicted molar refractivity (Wildman–Crippen MR) is 46.6 cm³/mol. The van der Waals surface area contributed by atoms with Crippen molar-refractivity contribution in [1.82, 2.24) is 10.6 Å². The maximum Gasteiger partial charge on any atom is 0.314 e. The maximum atomic E-state index is 10.8. The Balaban J connectivity index is 3.35. The zero-order valence-corrected chi connectivity index (χ0v) is 7.61. The molecule has 0 bridgehead atoms. The van der Waals surface area contributed by atoms with Gasteiger partial charge in [-0.2, -0.15) is 0 Å². The van der Waals surface area contributed by atoms with Gasteiger partial charge in [-0.15, -0.1) is 0 Å². The summed E-state index contributed by atoms with van der Waals surface area (Å²) < 4.78 is 0. The van der Waals surface area contributed by atoms with E-state index in [4.69, 9.17) is 0 Å². The lowest BCUT2D eigenvalue weighted by atomic mass is 10.1. The molecule has 0 spiro atoms. The highest BCUT2D eigenvalue weighted by molar-refractivity contribution is 5.73. The lowest BCUT2D eigenvalue weighted by Gasteiger charge is -2.12. The van der Waals surface area contributed by atoms with Crippen LogP contribution in [0.2, 0.25) is 0 Å². The van der Waals surface area contributed by atoms with Crippen molar-refractivity contribution in [3.8, 4) is 0 Å². The molecule has 1 unspecified atom stereocenters. The van der Waals surface area contributed by atoms with Crippen LogP contribution in [0.15, 0.2) is 0 Å². The minimum Gasteiger partial charge on any atom is -0.341 e. The third-order valence-electron chi connectivity index (χ3n) is 1.60. The smallest absolute Gasteiger partial charge is 0.314 e. The first-order valence-electron chi connectivity index (χ1n) is 4.19. The molecule has 0 aliphatic rings. The zero-order chi connectivity index (χ0) is 8.69. The van der Waals surface area contributed by atoms with Crippen molar-refractivity contribution in [2.75, 3.05) is 7.05 Å². The molecular formula is C8H18N2O. The van der Waals surface area contributed by atoms with Crippen molar-refractivity contribution in [3.05, 3.63) is 0 Å². The normalized spacial score (nSPS) is 12.3. The molecule has 0 rings (SSSR count). The lowest BCUT2D eigenvalue weighted by Crippen LogP contribution is -2.38. The Kier molecular flexibility index (Phi) is 5.61. The van der Waals surface area contributed by atoms with Gasteiger partial charge in [-0.25, -0.2) is 4.79 Å². The molecule has 2 N–H and O–H groups in total. The van der Waals surface area contributed by atoms with E-state index < -0.39 is 0 Å². The second kappa shape index (κ2) is 6.01. The van der Waals surface area contributed by atoms with Gasteiger partial charge in [0.2, 0.25) is 0 Å². The van der Waals surface area contributed by atoms with Crippen LogP contribution in [0.4, 0.5) is 4.79 Å². The molecule has 0 radical (unpaired) electrons. The predicted octanol–water partition coefficient (Wildman–Crippen LogP) is 1.49. The van der Waals surface area contributed by atoms with Gasteiger partial charge in [-0.3, -0.25) is 0 Å². The molecular weight excluding hydrogens is 140 g/mol. The number of amides is 2. The zero-order valence-electron chi connectivity index (χ0n) is 7.61. The van der Waals surface area contributed by atoms with Crippen LogP contribution >= 0.6 is 0 Å². The highest BCUT2D eigenvalue weighted by Gasteiger charge is 2.02. The van der Waals surface area contributed by atoms with E-state index in [0.717, 1.165) is 6.42 Å². The molecule has 0 aliphatic heterocycles. The number of rotatable bonds is 4. The summed E-state index contributed by atoms with van der Waals surface area (Å²) in [6, 6.07) is 0.198. The van der Waals surface area contributed by atoms with Crippen LogP contribution in [-0.2, 0) is 0 Å². The van der Waals surface area contributed by atoms with Gasteiger partial charge in [0.25, 0.3) is 0 Å². The lowest BCUT2D eigenvalue weighted by molar-refractivity contribution is 0.239. The van der Waals surface area contributed by atoms with Gasteiger partial charge in [0.15, 0.2) is 0 Å². The molecule has 0 aromatic heterocycles. The molecule has 11 heavy (non-hydrogen) atoms. The summed E-state index contributed by atoms with van der Waals surface area (Å²) in [6.45, 7) is 4.16. The third kappa shape index (κ3) is 5.70. The Morgan fingerprint density at radius 3 is 2.64 bits per heavy atom. The second-order valence-electron chi connectivity index (χ2n) is 2.77. The Morgan fingerprint density at radius 1 is 1.55 bits per heavy atom. The molecule has 0 saturated heterocycles. The van der Waals surface area contributed by atoms with Gasteiger partial charge >= 0.3 is 6.03 Å². The summed E-state index contributed by atoms with van der Waals surface area (Å²) in [5, 5.41) is 5.34. The van der Waals surface area contributed by atoms with Crippen molar-refractivity contribution in [1.29, 1.82) is 0 Å². The molecule has 1 atom stereocenters. The number of urea groups is 1. The largest absolute Gasteiger partial charge is 0.341 e. The molecule has 0 saturated carbocycles. The van der Waals surface area contributed by atoms with Gasteiger partial charge in [0.05, 0.1) is 0 Å². The van der Waals surface area contributed by atoms with E-state index in [2.05, 4.69) is 17.6 Å². The van der Waals surface area contributed by atoms with Crippen molar-refractivity contribution < 1.29 is 4.79 Å². The van der Waals surface area contributed by atoms with Crippen LogP contribution in [0.3, 0.4) is 0 Å². The molecule has 0 aromatic rings. The average Bonchev–Trinajstić information content (AvgIpc) is 2.00. The molecule has 0 fully saturated rings. The topological polar surface area (TPSA) is 41.1 Å². The van der Waals surface area contributed by atoms with Gasteiger partial charge < -0.3 is 10.6 Å². The number of hydrogen-bond acceptors (Lipinski definition) is 1. The van der Waals surface area contributed by atoms with Crippen LogP contribution in [0, 0.1) is 0 Å². The minimum atomic E-state index is -0.0893. The van der Waals surface area contributed by atoms with Gasteiger partial charge in [-0.05, 0) is 13.3 Å². The molecule has 0 aliphatic carbocycles. The van der Waals surface area contributed by atoms with E-state index in [9.17, 15) is 4.79 Å². The molecule has 2 amide bonds. The highest BCUT2D eigenvalue weighted by atomic mass is 16.2. The standard InChI is InChI=1S/C8H18N2O/c1-4-5-6-7(2)10-8(11)9-3/h7H,4-6H2,1-3H3,(H2,9,10,11). The number of carbonyl (C=O) groups excluding carboxylic acids is 1. The first-order valence-corrected chi connectivity index (χ1v) is 4.19. The molecule has 3 nitrogen and oxygen atoms in total. The number of hydrogen-bond donors (Lipinski definition) is 2. The first-order chi connectivity index (χ1) is 5.20. The fraction of sp³-hybridized carbons (Fsp3) is 0.875. The van der Waals surface area contributed by atoms with E-state index in [1.807, 2.05) is 6.92 Å². The van der Waals surface area contributed by atoms with Gasteiger partial charge in [-0.1, -0.05) is 19.8 Å². The van der Waals surface area contributed by atoms with E-state index in [-0.39, 0.29) is 12.1 Å². The van der Waals surface area contributed by atoms with Crippen LogP contribution < -0.4 is 10.6 Å². The van der Waals surface area contributed by atoms with Crippen LogP contribution in [0.25, 0.3) is 0 Å². The number of nitrogens with one attached hydrogen (secondary N) is 2. The first kappa shape index (κ1) is 10.3. The Hall–Kier alpha value is -0.730. The molecule has 66 valence electrons. The Bertz CT molecular complexity index is 115. The van der Waals surface area contributed by atoms with Crippen LogP contribution in [-0.4, -0.2) is 19.1 Å². The second-order valence-corrected chi connectivity index (χ2v) is 2.77.